The Labute approximate surface area is 113 Å². The molecular weight excluding hydrogens is 265 g/mol. The van der Waals surface area contributed by atoms with Gasteiger partial charge < -0.3 is 5.11 Å². The van der Waals surface area contributed by atoms with Gasteiger partial charge in [0.1, 0.15) is 5.82 Å². The van der Waals surface area contributed by atoms with Crippen LogP contribution >= 0.6 is 0 Å². The van der Waals surface area contributed by atoms with Crippen molar-refractivity contribution in [2.45, 2.75) is 41.8 Å². The highest BCUT2D eigenvalue weighted by atomic mass is 32.2. The number of fused-ring (bicyclic) bond motifs is 2. The summed E-state index contributed by atoms with van der Waals surface area (Å²) in [5, 5.41) is 19.9. The first-order valence-corrected chi connectivity index (χ1v) is 7.63. The van der Waals surface area contributed by atoms with E-state index >= 15 is 0 Å². The highest BCUT2D eigenvalue weighted by Gasteiger charge is 2.49. The summed E-state index contributed by atoms with van der Waals surface area (Å²) in [5.41, 5.74) is -0.563. The molecule has 2 fully saturated rings. The van der Waals surface area contributed by atoms with Crippen molar-refractivity contribution >= 4 is 10.8 Å². The van der Waals surface area contributed by atoms with Gasteiger partial charge in [-0.25, -0.2) is 4.39 Å². The molecule has 2 saturated heterocycles. The van der Waals surface area contributed by atoms with Crippen LogP contribution in [-0.2, 0) is 16.4 Å². The number of hydrogen-bond acceptors (Lipinski definition) is 3. The molecule has 2 atom stereocenters. The van der Waals surface area contributed by atoms with E-state index in [0.717, 1.165) is 12.8 Å². The van der Waals surface area contributed by atoms with Crippen molar-refractivity contribution in [3.63, 3.8) is 0 Å². The molecule has 2 unspecified atom stereocenters. The normalized spacial score (nSPS) is 37.0. The van der Waals surface area contributed by atoms with Gasteiger partial charge in [0.05, 0.1) is 17.2 Å². The van der Waals surface area contributed by atoms with E-state index < -0.39 is 22.2 Å². The molecule has 2 aliphatic heterocycles. The summed E-state index contributed by atoms with van der Waals surface area (Å²) in [6.45, 7) is 0. The van der Waals surface area contributed by atoms with Crippen molar-refractivity contribution in [3.05, 3.63) is 35.1 Å². The topological polar surface area (TPSA) is 61.1 Å². The highest BCUT2D eigenvalue weighted by molar-refractivity contribution is 7.86. The fourth-order valence-corrected chi connectivity index (χ4v) is 5.46. The third kappa shape index (κ3) is 1.99. The Balaban J connectivity index is 2.05. The number of aliphatic hydroxyl groups is 1. The van der Waals surface area contributed by atoms with Gasteiger partial charge in [0.25, 0.3) is 0 Å². The third-order valence-corrected chi connectivity index (χ3v) is 6.32. The number of hydrogen-bond donors (Lipinski definition) is 1. The van der Waals surface area contributed by atoms with Crippen molar-refractivity contribution in [1.82, 2.24) is 0 Å². The fraction of sp³-hybridized carbons (Fsp3) is 0.500. The molecule has 3 rings (SSSR count). The van der Waals surface area contributed by atoms with Crippen LogP contribution in [-0.4, -0.2) is 19.8 Å². The lowest BCUT2D eigenvalue weighted by atomic mass is 9.83. The van der Waals surface area contributed by atoms with E-state index in [4.69, 9.17) is 5.26 Å². The molecule has 0 spiro atoms. The summed E-state index contributed by atoms with van der Waals surface area (Å²) in [6.07, 6.45) is 2.40. The largest absolute Gasteiger partial charge is 0.385 e. The zero-order chi connectivity index (χ0) is 13.6. The van der Waals surface area contributed by atoms with Crippen LogP contribution in [0.25, 0.3) is 0 Å². The van der Waals surface area contributed by atoms with E-state index in [1.54, 1.807) is 0 Å². The maximum absolute atomic E-state index is 13.4. The molecule has 0 aliphatic carbocycles. The lowest BCUT2D eigenvalue weighted by Gasteiger charge is -2.36. The number of halogens is 1. The molecule has 0 amide bonds. The van der Waals surface area contributed by atoms with Crippen molar-refractivity contribution in [3.8, 4) is 6.07 Å². The van der Waals surface area contributed by atoms with Crippen LogP contribution in [0.2, 0.25) is 0 Å². The van der Waals surface area contributed by atoms with Crippen LogP contribution in [0.15, 0.2) is 18.2 Å². The summed E-state index contributed by atoms with van der Waals surface area (Å²) in [5.74, 6) is -0.457. The van der Waals surface area contributed by atoms with Gasteiger partial charge in [-0.15, -0.1) is 0 Å². The smallest absolute Gasteiger partial charge is 0.123 e. The van der Waals surface area contributed by atoms with E-state index in [1.165, 1.54) is 18.2 Å². The fourth-order valence-electron chi connectivity index (χ4n) is 3.30. The maximum atomic E-state index is 13.4. The minimum Gasteiger partial charge on any atom is -0.385 e. The highest BCUT2D eigenvalue weighted by Crippen LogP contribution is 2.46. The summed E-state index contributed by atoms with van der Waals surface area (Å²) in [4.78, 5) is 0. The number of nitriles is 1. The second kappa shape index (κ2) is 4.39. The van der Waals surface area contributed by atoms with Gasteiger partial charge >= 0.3 is 0 Å². The second-order valence-electron chi connectivity index (χ2n) is 5.39. The Morgan fingerprint density at radius 1 is 1.37 bits per heavy atom. The molecular formula is C14H14FNO2S. The third-order valence-electron chi connectivity index (χ3n) is 4.20. The van der Waals surface area contributed by atoms with Gasteiger partial charge in [-0.2, -0.15) is 5.26 Å². The Kier molecular flexibility index (Phi) is 2.95. The van der Waals surface area contributed by atoms with Crippen molar-refractivity contribution in [2.24, 2.45) is 0 Å². The van der Waals surface area contributed by atoms with E-state index in [9.17, 15) is 13.7 Å². The van der Waals surface area contributed by atoms with Gasteiger partial charge in [-0.05, 0) is 43.9 Å². The molecule has 3 nitrogen and oxygen atoms in total. The zero-order valence-electron chi connectivity index (χ0n) is 10.3. The van der Waals surface area contributed by atoms with E-state index in [1.807, 2.05) is 6.07 Å². The molecule has 1 aromatic rings. The van der Waals surface area contributed by atoms with Crippen LogP contribution in [0, 0.1) is 17.1 Å². The summed E-state index contributed by atoms with van der Waals surface area (Å²) >= 11 is 0. The quantitative estimate of drug-likeness (QED) is 0.854. The average molecular weight is 279 g/mol. The molecule has 2 aliphatic rings. The predicted molar refractivity (Wildman–Crippen MR) is 69.2 cm³/mol. The van der Waals surface area contributed by atoms with Crippen LogP contribution in [0.1, 0.15) is 36.8 Å². The molecule has 0 saturated carbocycles. The summed E-state index contributed by atoms with van der Waals surface area (Å²) < 4.78 is 25.4. The Morgan fingerprint density at radius 2 is 2.00 bits per heavy atom. The van der Waals surface area contributed by atoms with Crippen molar-refractivity contribution < 1.29 is 13.7 Å². The van der Waals surface area contributed by atoms with Crippen molar-refractivity contribution in [1.29, 1.82) is 5.26 Å². The van der Waals surface area contributed by atoms with E-state index in [2.05, 4.69) is 0 Å². The molecule has 1 N–H and O–H groups in total. The Bertz CT molecular complexity index is 580. The molecule has 5 heteroatoms. The molecule has 2 heterocycles. The standard InChI is InChI=1S/C14H14FNO2S/c15-10-2-1-9(8-16)13(5-10)14(17)6-11-3-4-12(7-14)19(11)18/h1-2,5,11-12,17H,3-4,6-7H2. The van der Waals surface area contributed by atoms with Crippen LogP contribution in [0.3, 0.4) is 0 Å². The van der Waals surface area contributed by atoms with Crippen LogP contribution in [0.4, 0.5) is 4.39 Å². The van der Waals surface area contributed by atoms with E-state index in [0.29, 0.717) is 24.0 Å². The van der Waals surface area contributed by atoms with Crippen LogP contribution in [0.5, 0.6) is 0 Å². The molecule has 100 valence electrons. The van der Waals surface area contributed by atoms with Gasteiger partial charge in [0.15, 0.2) is 0 Å². The number of nitrogens with zero attached hydrogens (tertiary/aromatic N) is 1. The number of benzene rings is 1. The Hall–Kier alpha value is -1.25. The minimum atomic E-state index is -1.22. The van der Waals surface area contributed by atoms with Gasteiger partial charge in [-0.3, -0.25) is 4.21 Å². The summed E-state index contributed by atoms with van der Waals surface area (Å²) in [6, 6.07) is 5.87. The van der Waals surface area contributed by atoms with Crippen molar-refractivity contribution in [2.75, 3.05) is 0 Å². The van der Waals surface area contributed by atoms with Gasteiger partial charge in [-0.1, -0.05) is 0 Å². The van der Waals surface area contributed by atoms with Crippen LogP contribution < -0.4 is 0 Å². The molecule has 19 heavy (non-hydrogen) atoms. The van der Waals surface area contributed by atoms with Gasteiger partial charge in [0.2, 0.25) is 0 Å². The SMILES string of the molecule is N#Cc1ccc(F)cc1C1(O)CC2CCC(C1)S2=O. The summed E-state index contributed by atoms with van der Waals surface area (Å²) in [7, 11) is -0.890. The Morgan fingerprint density at radius 3 is 2.58 bits per heavy atom. The first kappa shape index (κ1) is 12.8. The minimum absolute atomic E-state index is 0.0291. The second-order valence-corrected chi connectivity index (χ2v) is 7.38. The van der Waals surface area contributed by atoms with Gasteiger partial charge in [0, 0.05) is 26.9 Å². The first-order valence-electron chi connectivity index (χ1n) is 6.35. The molecule has 0 radical (unpaired) electrons. The maximum Gasteiger partial charge on any atom is 0.123 e. The monoisotopic (exact) mass is 279 g/mol. The van der Waals surface area contributed by atoms with E-state index in [-0.39, 0.29) is 10.5 Å². The molecule has 1 aromatic carbocycles. The molecule has 2 bridgehead atoms. The molecule has 0 aromatic heterocycles. The predicted octanol–water partition coefficient (Wildman–Crippen LogP) is 1.96. The zero-order valence-corrected chi connectivity index (χ0v) is 11.1. The average Bonchev–Trinajstić information content (AvgIpc) is 2.63. The lowest BCUT2D eigenvalue weighted by molar-refractivity contribution is 0.0179. The first-order chi connectivity index (χ1) is 9.03. The number of rotatable bonds is 1. The lowest BCUT2D eigenvalue weighted by Crippen LogP contribution is -2.40.